The van der Waals surface area contributed by atoms with Crippen molar-refractivity contribution in [2.75, 3.05) is 31.6 Å². The van der Waals surface area contributed by atoms with Gasteiger partial charge in [-0.1, -0.05) is 6.92 Å². The highest BCUT2D eigenvalue weighted by Gasteiger charge is 2.34. The smallest absolute Gasteiger partial charge is 0.170 e. The molecule has 2 N–H and O–H groups in total. The summed E-state index contributed by atoms with van der Waals surface area (Å²) >= 11 is 7.92. The lowest BCUT2D eigenvalue weighted by Gasteiger charge is -2.29. The summed E-state index contributed by atoms with van der Waals surface area (Å²) in [5.74, 6) is -1.46. The molecule has 2 atom stereocenters. The van der Waals surface area contributed by atoms with E-state index in [1.54, 1.807) is 7.05 Å². The molecular formula is C10H22F2N2S2. The summed E-state index contributed by atoms with van der Waals surface area (Å²) in [6.45, 7) is 2.50. The first kappa shape index (κ1) is 16.5. The highest BCUT2D eigenvalue weighted by molar-refractivity contribution is 7.80. The topological polar surface area (TPSA) is 24.1 Å². The molecule has 0 saturated carbocycles. The Balaban J connectivity index is 4.26. The number of alkyl halides is 2. The fourth-order valence-electron chi connectivity index (χ4n) is 1.50. The summed E-state index contributed by atoms with van der Waals surface area (Å²) in [7, 11) is 1.67. The van der Waals surface area contributed by atoms with Crippen LogP contribution in [-0.2, 0) is 0 Å². The van der Waals surface area contributed by atoms with Crippen LogP contribution < -0.4 is 10.6 Å². The molecule has 0 fully saturated rings. The second kappa shape index (κ2) is 7.74. The van der Waals surface area contributed by atoms with Gasteiger partial charge in [-0.15, -0.1) is 0 Å². The van der Waals surface area contributed by atoms with E-state index in [-0.39, 0.29) is 30.9 Å². The Hall–Kier alpha value is 0.480. The molecule has 0 aliphatic rings. The van der Waals surface area contributed by atoms with Crippen molar-refractivity contribution in [3.63, 3.8) is 0 Å². The predicted octanol–water partition coefficient (Wildman–Crippen LogP) is 1.83. The molecule has 0 aromatic carbocycles. The van der Waals surface area contributed by atoms with Crippen LogP contribution in [0, 0.1) is 0 Å². The van der Waals surface area contributed by atoms with Crippen LogP contribution >= 0.6 is 25.3 Å². The molecule has 0 aromatic heterocycles. The van der Waals surface area contributed by atoms with E-state index in [1.165, 1.54) is 0 Å². The van der Waals surface area contributed by atoms with Gasteiger partial charge in [0, 0.05) is 18.1 Å². The van der Waals surface area contributed by atoms with Crippen LogP contribution in [0.5, 0.6) is 0 Å². The number of hydrogen-bond donors (Lipinski definition) is 4. The van der Waals surface area contributed by atoms with Gasteiger partial charge in [0.05, 0.1) is 0 Å². The lowest BCUT2D eigenvalue weighted by Crippen LogP contribution is -2.46. The summed E-state index contributed by atoms with van der Waals surface area (Å²) in [5.41, 5.74) is -1.46. The van der Waals surface area contributed by atoms with Crippen LogP contribution in [-0.4, -0.2) is 43.1 Å². The molecule has 0 aromatic rings. The first-order valence-corrected chi connectivity index (χ1v) is 6.71. The third kappa shape index (κ3) is 5.70. The SMILES string of the molecule is CCN[C@@](F)(CS)CC[C@@](F)(CS)CNC. The van der Waals surface area contributed by atoms with Crippen LogP contribution in [0.25, 0.3) is 0 Å². The van der Waals surface area contributed by atoms with Crippen molar-refractivity contribution in [2.45, 2.75) is 31.2 Å². The van der Waals surface area contributed by atoms with E-state index in [2.05, 4.69) is 35.9 Å². The van der Waals surface area contributed by atoms with Crippen molar-refractivity contribution < 1.29 is 8.78 Å². The molecule has 2 nitrogen and oxygen atoms in total. The average Bonchev–Trinajstić information content (AvgIpc) is 2.27. The van der Waals surface area contributed by atoms with Gasteiger partial charge in [-0.25, -0.2) is 8.78 Å². The Kier molecular flexibility index (Phi) is 7.97. The Bertz CT molecular complexity index is 178. The molecule has 98 valence electrons. The summed E-state index contributed by atoms with van der Waals surface area (Å²) < 4.78 is 28.1. The van der Waals surface area contributed by atoms with E-state index in [0.29, 0.717) is 6.54 Å². The number of nitrogens with one attached hydrogen (secondary N) is 2. The zero-order chi connectivity index (χ0) is 12.7. The first-order chi connectivity index (χ1) is 7.45. The van der Waals surface area contributed by atoms with Gasteiger partial charge in [-0.3, -0.25) is 5.32 Å². The molecule has 0 rings (SSSR count). The van der Waals surface area contributed by atoms with Crippen molar-refractivity contribution in [3.05, 3.63) is 0 Å². The quantitative estimate of drug-likeness (QED) is 0.380. The van der Waals surface area contributed by atoms with Crippen LogP contribution in [0.15, 0.2) is 0 Å². The highest BCUT2D eigenvalue weighted by atomic mass is 32.1. The maximum Gasteiger partial charge on any atom is 0.170 e. The van der Waals surface area contributed by atoms with Gasteiger partial charge in [0.15, 0.2) is 5.79 Å². The zero-order valence-electron chi connectivity index (χ0n) is 9.89. The van der Waals surface area contributed by atoms with Gasteiger partial charge in [0.1, 0.15) is 5.67 Å². The number of hydrogen-bond acceptors (Lipinski definition) is 4. The number of thiol groups is 2. The van der Waals surface area contributed by atoms with Gasteiger partial charge in [-0.05, 0) is 26.4 Å². The van der Waals surface area contributed by atoms with Crippen molar-refractivity contribution in [1.82, 2.24) is 10.6 Å². The molecule has 0 amide bonds. The third-order valence-corrected chi connectivity index (χ3v) is 3.56. The Labute approximate surface area is 108 Å². The van der Waals surface area contributed by atoms with Crippen molar-refractivity contribution in [2.24, 2.45) is 0 Å². The predicted molar refractivity (Wildman–Crippen MR) is 72.2 cm³/mol. The van der Waals surface area contributed by atoms with Gasteiger partial charge in [0.25, 0.3) is 0 Å². The summed E-state index contributed by atoms with van der Waals surface area (Å²) in [5, 5.41) is 5.45. The Morgan fingerprint density at radius 2 is 1.75 bits per heavy atom. The molecule has 0 bridgehead atoms. The standard InChI is InChI=1S/C10H22F2N2S2/c1-3-14-10(12,8-16)5-4-9(11,7-15)6-13-2/h13-16H,3-8H2,1-2H3/t9-,10+/m0/s1. The van der Waals surface area contributed by atoms with Gasteiger partial charge in [-0.2, -0.15) is 25.3 Å². The minimum absolute atomic E-state index is 0.0447. The molecule has 0 aliphatic heterocycles. The summed E-state index contributed by atoms with van der Waals surface area (Å²) in [6.07, 6.45) is 0.227. The van der Waals surface area contributed by atoms with Crippen LogP contribution in [0.3, 0.4) is 0 Å². The zero-order valence-corrected chi connectivity index (χ0v) is 11.7. The van der Waals surface area contributed by atoms with Crippen molar-refractivity contribution in [1.29, 1.82) is 0 Å². The Morgan fingerprint density at radius 3 is 2.12 bits per heavy atom. The minimum Gasteiger partial charge on any atom is -0.317 e. The third-order valence-electron chi connectivity index (χ3n) is 2.49. The Morgan fingerprint density at radius 1 is 1.12 bits per heavy atom. The largest absolute Gasteiger partial charge is 0.317 e. The maximum absolute atomic E-state index is 14.1. The molecule has 0 heterocycles. The maximum atomic E-state index is 14.1. The average molecular weight is 272 g/mol. The molecule has 6 heteroatoms. The lowest BCUT2D eigenvalue weighted by molar-refractivity contribution is 0.0911. The van der Waals surface area contributed by atoms with E-state index < -0.39 is 11.5 Å². The normalized spacial score (nSPS) is 19.1. The minimum atomic E-state index is -1.59. The van der Waals surface area contributed by atoms with Gasteiger partial charge < -0.3 is 5.32 Å². The van der Waals surface area contributed by atoms with Crippen LogP contribution in [0.2, 0.25) is 0 Å². The first-order valence-electron chi connectivity index (χ1n) is 5.44. The van der Waals surface area contributed by atoms with Crippen molar-refractivity contribution in [3.8, 4) is 0 Å². The molecule has 0 saturated heterocycles. The van der Waals surface area contributed by atoms with Crippen molar-refractivity contribution >= 4 is 25.3 Å². The van der Waals surface area contributed by atoms with Crippen LogP contribution in [0.4, 0.5) is 8.78 Å². The fourth-order valence-corrected chi connectivity index (χ4v) is 2.04. The molecule has 0 radical (unpaired) electrons. The highest BCUT2D eigenvalue weighted by Crippen LogP contribution is 2.26. The van der Waals surface area contributed by atoms with E-state index in [0.717, 1.165) is 0 Å². The monoisotopic (exact) mass is 272 g/mol. The number of rotatable bonds is 9. The molecule has 16 heavy (non-hydrogen) atoms. The van der Waals surface area contributed by atoms with Gasteiger partial charge >= 0.3 is 0 Å². The molecule has 0 unspecified atom stereocenters. The summed E-state index contributed by atoms with van der Waals surface area (Å²) in [6, 6.07) is 0. The van der Waals surface area contributed by atoms with E-state index in [1.807, 2.05) is 6.92 Å². The van der Waals surface area contributed by atoms with E-state index in [4.69, 9.17) is 0 Å². The summed E-state index contributed by atoms with van der Waals surface area (Å²) in [4.78, 5) is 0. The fraction of sp³-hybridized carbons (Fsp3) is 1.00. The number of halogens is 2. The molecule has 0 spiro atoms. The lowest BCUT2D eigenvalue weighted by atomic mass is 9.97. The van der Waals surface area contributed by atoms with E-state index >= 15 is 0 Å². The molecular weight excluding hydrogens is 250 g/mol. The van der Waals surface area contributed by atoms with Gasteiger partial charge in [0.2, 0.25) is 0 Å². The molecule has 0 aliphatic carbocycles. The second-order valence-electron chi connectivity index (χ2n) is 3.99. The second-order valence-corrected chi connectivity index (χ2v) is 4.63. The van der Waals surface area contributed by atoms with Crippen LogP contribution in [0.1, 0.15) is 19.8 Å². The van der Waals surface area contributed by atoms with E-state index in [9.17, 15) is 8.78 Å².